The van der Waals surface area contributed by atoms with Gasteiger partial charge in [-0.15, -0.1) is 0 Å². The van der Waals surface area contributed by atoms with Gasteiger partial charge in [0.25, 0.3) is 0 Å². The average Bonchev–Trinajstić information content (AvgIpc) is 2.27. The fourth-order valence-corrected chi connectivity index (χ4v) is 2.96. The number of carbonyl (C=O) groups excluding carboxylic acids is 1. The molecular weight excluding hydrogens is 180 g/mol. The molecule has 0 amide bonds. The summed E-state index contributed by atoms with van der Waals surface area (Å²) < 4.78 is 0. The van der Waals surface area contributed by atoms with Crippen molar-refractivity contribution >= 4 is 11.8 Å². The van der Waals surface area contributed by atoms with Crippen molar-refractivity contribution in [3.05, 3.63) is 0 Å². The van der Waals surface area contributed by atoms with Gasteiger partial charge in [0.05, 0.1) is 0 Å². The van der Waals surface area contributed by atoms with E-state index < -0.39 is 11.4 Å². The minimum Gasteiger partial charge on any atom is -0.480 e. The summed E-state index contributed by atoms with van der Waals surface area (Å²) in [7, 11) is 0. The smallest absolute Gasteiger partial charge is 0.317 e. The number of fused-ring (bicyclic) bond motifs is 2. The van der Waals surface area contributed by atoms with E-state index in [9.17, 15) is 14.7 Å². The third kappa shape index (κ3) is 1.26. The molecule has 0 aromatic heterocycles. The Balaban J connectivity index is 2.34. The number of rotatable bonds is 1. The van der Waals surface area contributed by atoms with Gasteiger partial charge in [0.1, 0.15) is 5.41 Å². The second kappa shape index (κ2) is 3.37. The summed E-state index contributed by atoms with van der Waals surface area (Å²) in [6.45, 7) is 0. The number of ketones is 1. The van der Waals surface area contributed by atoms with Crippen LogP contribution in [0.5, 0.6) is 0 Å². The van der Waals surface area contributed by atoms with Crippen LogP contribution < -0.4 is 0 Å². The first-order chi connectivity index (χ1) is 6.67. The fraction of sp³-hybridized carbons (Fsp3) is 0.818. The molecule has 0 saturated heterocycles. The van der Waals surface area contributed by atoms with Gasteiger partial charge in [-0.3, -0.25) is 9.59 Å². The van der Waals surface area contributed by atoms with E-state index >= 15 is 0 Å². The third-order valence-electron chi connectivity index (χ3n) is 3.81. The van der Waals surface area contributed by atoms with Crippen LogP contribution in [0.4, 0.5) is 0 Å². The molecule has 3 heteroatoms. The Morgan fingerprint density at radius 2 is 1.86 bits per heavy atom. The molecule has 2 atom stereocenters. The molecule has 2 saturated carbocycles. The van der Waals surface area contributed by atoms with Crippen LogP contribution in [0.25, 0.3) is 0 Å². The molecule has 0 heterocycles. The first kappa shape index (κ1) is 9.69. The lowest BCUT2D eigenvalue weighted by Gasteiger charge is -2.33. The Labute approximate surface area is 83.5 Å². The van der Waals surface area contributed by atoms with Crippen LogP contribution >= 0.6 is 0 Å². The van der Waals surface area contributed by atoms with Crippen molar-refractivity contribution in [3.63, 3.8) is 0 Å². The average molecular weight is 196 g/mol. The van der Waals surface area contributed by atoms with E-state index in [2.05, 4.69) is 0 Å². The van der Waals surface area contributed by atoms with E-state index in [1.54, 1.807) is 0 Å². The van der Waals surface area contributed by atoms with Crippen LogP contribution in [0.1, 0.15) is 44.9 Å². The molecule has 0 aromatic carbocycles. The van der Waals surface area contributed by atoms with Gasteiger partial charge in [0.2, 0.25) is 0 Å². The Bertz CT molecular complexity index is 272. The molecule has 3 nitrogen and oxygen atoms in total. The topological polar surface area (TPSA) is 54.4 Å². The zero-order chi connectivity index (χ0) is 10.2. The van der Waals surface area contributed by atoms with Crippen LogP contribution in [0.2, 0.25) is 0 Å². The van der Waals surface area contributed by atoms with Crippen molar-refractivity contribution in [3.8, 4) is 0 Å². The molecule has 0 spiro atoms. The van der Waals surface area contributed by atoms with Crippen LogP contribution in [0.3, 0.4) is 0 Å². The molecule has 0 aliphatic heterocycles. The molecule has 0 unspecified atom stereocenters. The van der Waals surface area contributed by atoms with E-state index in [0.717, 1.165) is 32.1 Å². The largest absolute Gasteiger partial charge is 0.480 e. The zero-order valence-corrected chi connectivity index (χ0v) is 8.29. The number of aliphatic carboxylic acids is 1. The summed E-state index contributed by atoms with van der Waals surface area (Å²) in [6.07, 6.45) is 5.78. The van der Waals surface area contributed by atoms with Crippen LogP contribution in [0.15, 0.2) is 0 Å². The summed E-state index contributed by atoms with van der Waals surface area (Å²) in [5.41, 5.74) is -1.00. The predicted molar refractivity (Wildman–Crippen MR) is 50.9 cm³/mol. The Kier molecular flexibility index (Phi) is 2.33. The van der Waals surface area contributed by atoms with Gasteiger partial charge < -0.3 is 5.11 Å². The molecule has 78 valence electrons. The quantitative estimate of drug-likeness (QED) is 0.652. The molecule has 1 N–H and O–H groups in total. The number of carboxylic acid groups (broad SMARTS) is 1. The maximum absolute atomic E-state index is 12.0. The Hall–Kier alpha value is -0.860. The number of carbonyl (C=O) groups is 2. The van der Waals surface area contributed by atoms with Crippen molar-refractivity contribution in [2.24, 2.45) is 11.3 Å². The molecule has 2 aliphatic carbocycles. The zero-order valence-electron chi connectivity index (χ0n) is 8.29. The minimum atomic E-state index is -1.00. The first-order valence-corrected chi connectivity index (χ1v) is 5.44. The van der Waals surface area contributed by atoms with Crippen LogP contribution in [0, 0.1) is 11.3 Å². The lowest BCUT2D eigenvalue weighted by Crippen LogP contribution is -2.44. The van der Waals surface area contributed by atoms with Crippen molar-refractivity contribution in [1.82, 2.24) is 0 Å². The maximum atomic E-state index is 12.0. The summed E-state index contributed by atoms with van der Waals surface area (Å²) in [5.74, 6) is -0.815. The Morgan fingerprint density at radius 3 is 2.57 bits per heavy atom. The van der Waals surface area contributed by atoms with E-state index in [0.29, 0.717) is 12.8 Å². The highest BCUT2D eigenvalue weighted by Gasteiger charge is 2.50. The van der Waals surface area contributed by atoms with Gasteiger partial charge in [-0.2, -0.15) is 0 Å². The number of hydrogen-bond donors (Lipinski definition) is 1. The first-order valence-electron chi connectivity index (χ1n) is 5.44. The molecular formula is C11H16O3. The fourth-order valence-electron chi connectivity index (χ4n) is 2.96. The summed E-state index contributed by atoms with van der Waals surface area (Å²) in [4.78, 5) is 23.2. The van der Waals surface area contributed by atoms with Gasteiger partial charge in [-0.05, 0) is 25.7 Å². The van der Waals surface area contributed by atoms with Gasteiger partial charge in [0, 0.05) is 5.92 Å². The second-order valence-corrected chi connectivity index (χ2v) is 4.59. The molecule has 0 aromatic rings. The van der Waals surface area contributed by atoms with E-state index in [4.69, 9.17) is 0 Å². The van der Waals surface area contributed by atoms with Crippen molar-refractivity contribution in [2.45, 2.75) is 44.9 Å². The lowest BCUT2D eigenvalue weighted by atomic mass is 9.67. The number of carboxylic acids is 1. The van der Waals surface area contributed by atoms with E-state index in [1.807, 2.05) is 0 Å². The molecule has 14 heavy (non-hydrogen) atoms. The molecule has 2 aliphatic rings. The Morgan fingerprint density at radius 1 is 1.21 bits per heavy atom. The lowest BCUT2D eigenvalue weighted by molar-refractivity contribution is -0.159. The number of hydrogen-bond acceptors (Lipinski definition) is 2. The minimum absolute atomic E-state index is 0.0220. The summed E-state index contributed by atoms with van der Waals surface area (Å²) in [5, 5.41) is 9.22. The highest BCUT2D eigenvalue weighted by molar-refractivity contribution is 6.04. The molecule has 2 fully saturated rings. The molecule has 0 radical (unpaired) electrons. The van der Waals surface area contributed by atoms with Crippen LogP contribution in [-0.2, 0) is 9.59 Å². The standard InChI is InChI=1S/C11H16O3/c12-9-8-4-1-2-6-11(9,10(13)14)7-3-5-8/h8H,1-7H2,(H,13,14)/t8-,11-/m0/s1. The summed E-state index contributed by atoms with van der Waals surface area (Å²) >= 11 is 0. The summed E-state index contributed by atoms with van der Waals surface area (Å²) in [6, 6.07) is 0. The van der Waals surface area contributed by atoms with Crippen LogP contribution in [-0.4, -0.2) is 16.9 Å². The number of Topliss-reactive ketones (excluding diaryl/α,β-unsaturated/α-hetero) is 1. The molecule has 2 rings (SSSR count). The second-order valence-electron chi connectivity index (χ2n) is 4.59. The van der Waals surface area contributed by atoms with Gasteiger partial charge in [-0.1, -0.05) is 19.3 Å². The third-order valence-corrected chi connectivity index (χ3v) is 3.81. The van der Waals surface area contributed by atoms with E-state index in [1.165, 1.54) is 0 Å². The maximum Gasteiger partial charge on any atom is 0.317 e. The normalized spacial score (nSPS) is 37.7. The van der Waals surface area contributed by atoms with Crippen molar-refractivity contribution in [2.75, 3.05) is 0 Å². The van der Waals surface area contributed by atoms with Crippen molar-refractivity contribution < 1.29 is 14.7 Å². The van der Waals surface area contributed by atoms with E-state index in [-0.39, 0.29) is 11.7 Å². The highest BCUT2D eigenvalue weighted by atomic mass is 16.4. The van der Waals surface area contributed by atoms with Gasteiger partial charge in [-0.25, -0.2) is 0 Å². The molecule has 2 bridgehead atoms. The monoisotopic (exact) mass is 196 g/mol. The SMILES string of the molecule is O=C(O)[C@@]12CCCC[C@@H](CCC1)C2=O. The van der Waals surface area contributed by atoms with Gasteiger partial charge in [0.15, 0.2) is 5.78 Å². The van der Waals surface area contributed by atoms with Gasteiger partial charge >= 0.3 is 5.97 Å². The highest BCUT2D eigenvalue weighted by Crippen LogP contribution is 2.44. The van der Waals surface area contributed by atoms with Crippen molar-refractivity contribution in [1.29, 1.82) is 0 Å². The predicted octanol–water partition coefficient (Wildman–Crippen LogP) is 2.00.